The molecule has 3 heterocycles. The second kappa shape index (κ2) is 10.7. The van der Waals surface area contributed by atoms with Gasteiger partial charge < -0.3 is 29.7 Å². The lowest BCUT2D eigenvalue weighted by atomic mass is 9.78. The van der Waals surface area contributed by atoms with Crippen LogP contribution in [0, 0.1) is 26.2 Å². The number of nitrogens with one attached hydrogen (secondary N) is 1. The maximum absolute atomic E-state index is 10.0. The lowest BCUT2D eigenvalue weighted by molar-refractivity contribution is 0.0877. The van der Waals surface area contributed by atoms with E-state index in [0.717, 1.165) is 34.8 Å². The Morgan fingerprint density at radius 3 is 2.61 bits per heavy atom. The molecule has 2 aromatic heterocycles. The molecule has 0 amide bonds. The standard InChI is InChI=1S/C26H34ClN5O4/c1-6-26(14-33)12-32(13-26)25-15(2)23(22-16(3)31-36-17(22)4)29-24(30-25)20-9-19(7-8-21(20)27)35-11-18(34)10-28-5/h7-9,18,28,33-34H,6,10-14H2,1-5H3/t18-/m1/s1. The number of likely N-dealkylation sites (N-methyl/N-ethyl adjacent to an activating group) is 1. The van der Waals surface area contributed by atoms with E-state index in [0.29, 0.717) is 47.6 Å². The summed E-state index contributed by atoms with van der Waals surface area (Å²) in [6.45, 7) is 9.97. The predicted molar refractivity (Wildman–Crippen MR) is 140 cm³/mol. The zero-order valence-electron chi connectivity index (χ0n) is 21.4. The van der Waals surface area contributed by atoms with E-state index < -0.39 is 6.10 Å². The molecule has 3 aromatic rings. The monoisotopic (exact) mass is 515 g/mol. The Labute approximate surface area is 216 Å². The van der Waals surface area contributed by atoms with Crippen molar-refractivity contribution in [3.8, 4) is 28.4 Å². The number of nitrogens with zero attached hydrogens (tertiary/aromatic N) is 4. The summed E-state index contributed by atoms with van der Waals surface area (Å²) < 4.78 is 11.2. The van der Waals surface area contributed by atoms with Gasteiger partial charge in [0.15, 0.2) is 5.82 Å². The van der Waals surface area contributed by atoms with E-state index in [2.05, 4.69) is 22.3 Å². The van der Waals surface area contributed by atoms with Gasteiger partial charge in [0, 0.05) is 36.2 Å². The zero-order valence-corrected chi connectivity index (χ0v) is 22.2. The van der Waals surface area contributed by atoms with Crippen molar-refractivity contribution in [2.45, 2.75) is 40.2 Å². The topological polar surface area (TPSA) is 117 Å². The number of hydrogen-bond acceptors (Lipinski definition) is 9. The normalized spacial score (nSPS) is 15.6. The van der Waals surface area contributed by atoms with Crippen LogP contribution in [-0.2, 0) is 0 Å². The van der Waals surface area contributed by atoms with Gasteiger partial charge in [-0.3, -0.25) is 0 Å². The Morgan fingerprint density at radius 2 is 2.00 bits per heavy atom. The van der Waals surface area contributed by atoms with Crippen molar-refractivity contribution < 1.29 is 19.5 Å². The van der Waals surface area contributed by atoms with Crippen LogP contribution in [0.15, 0.2) is 22.7 Å². The van der Waals surface area contributed by atoms with Gasteiger partial charge in [-0.25, -0.2) is 9.97 Å². The number of aliphatic hydroxyl groups excluding tert-OH is 2. The highest BCUT2D eigenvalue weighted by Crippen LogP contribution is 2.41. The molecule has 10 heteroatoms. The summed E-state index contributed by atoms with van der Waals surface area (Å²) in [5.74, 6) is 2.48. The molecule has 1 aliphatic rings. The summed E-state index contributed by atoms with van der Waals surface area (Å²) in [5, 5.41) is 27.5. The lowest BCUT2D eigenvalue weighted by Gasteiger charge is -2.50. The first-order valence-corrected chi connectivity index (χ1v) is 12.5. The van der Waals surface area contributed by atoms with E-state index in [-0.39, 0.29) is 18.6 Å². The van der Waals surface area contributed by atoms with E-state index in [1.807, 2.05) is 20.8 Å². The van der Waals surface area contributed by atoms with E-state index >= 15 is 0 Å². The maximum atomic E-state index is 10.0. The molecule has 0 aliphatic carbocycles. The third-order valence-corrected chi connectivity index (χ3v) is 7.22. The van der Waals surface area contributed by atoms with Crippen LogP contribution in [0.2, 0.25) is 5.02 Å². The molecule has 3 N–H and O–H groups in total. The highest BCUT2D eigenvalue weighted by atomic mass is 35.5. The molecule has 0 radical (unpaired) electrons. The van der Waals surface area contributed by atoms with Crippen LogP contribution < -0.4 is 15.0 Å². The van der Waals surface area contributed by atoms with Crippen molar-refractivity contribution >= 4 is 17.4 Å². The van der Waals surface area contributed by atoms with Gasteiger partial charge in [0.05, 0.1) is 28.6 Å². The molecule has 0 unspecified atom stereocenters. The minimum absolute atomic E-state index is 0.125. The minimum atomic E-state index is -0.640. The second-order valence-corrected chi connectivity index (χ2v) is 9.98. The van der Waals surface area contributed by atoms with Crippen LogP contribution in [0.5, 0.6) is 5.75 Å². The molecular formula is C26H34ClN5O4. The molecule has 194 valence electrons. The average Bonchev–Trinajstić information content (AvgIpc) is 3.17. The molecule has 4 rings (SSSR count). The highest BCUT2D eigenvalue weighted by molar-refractivity contribution is 6.33. The SMILES string of the molecule is CCC1(CO)CN(c2nc(-c3cc(OC[C@H](O)CNC)ccc3Cl)nc(-c3c(C)noc3C)c2C)C1. The Bertz CT molecular complexity index is 1200. The first-order chi connectivity index (χ1) is 17.2. The molecular weight excluding hydrogens is 482 g/mol. The second-order valence-electron chi connectivity index (χ2n) is 9.58. The smallest absolute Gasteiger partial charge is 0.163 e. The Morgan fingerprint density at radius 1 is 1.25 bits per heavy atom. The summed E-state index contributed by atoms with van der Waals surface area (Å²) in [6.07, 6.45) is 0.248. The van der Waals surface area contributed by atoms with Crippen molar-refractivity contribution in [2.24, 2.45) is 5.41 Å². The fraction of sp³-hybridized carbons (Fsp3) is 0.500. The van der Waals surface area contributed by atoms with Gasteiger partial charge in [-0.1, -0.05) is 23.7 Å². The van der Waals surface area contributed by atoms with Crippen molar-refractivity contribution in [3.63, 3.8) is 0 Å². The van der Waals surface area contributed by atoms with Gasteiger partial charge in [0.2, 0.25) is 0 Å². The third-order valence-electron chi connectivity index (χ3n) is 6.89. The van der Waals surface area contributed by atoms with E-state index in [1.54, 1.807) is 25.2 Å². The fourth-order valence-electron chi connectivity index (χ4n) is 4.60. The van der Waals surface area contributed by atoms with Gasteiger partial charge in [0.25, 0.3) is 0 Å². The van der Waals surface area contributed by atoms with Crippen molar-refractivity contribution in [3.05, 3.63) is 40.2 Å². The number of benzene rings is 1. The van der Waals surface area contributed by atoms with Crippen LogP contribution in [0.3, 0.4) is 0 Å². The number of hydrogen-bond donors (Lipinski definition) is 3. The van der Waals surface area contributed by atoms with E-state index in [4.69, 9.17) is 30.8 Å². The number of aromatic nitrogens is 3. The first-order valence-electron chi connectivity index (χ1n) is 12.1. The fourth-order valence-corrected chi connectivity index (χ4v) is 4.80. The Kier molecular flexibility index (Phi) is 7.85. The molecule has 1 saturated heterocycles. The molecule has 1 aromatic carbocycles. The van der Waals surface area contributed by atoms with Crippen LogP contribution in [0.1, 0.15) is 30.4 Å². The van der Waals surface area contributed by atoms with Crippen molar-refractivity contribution in [1.29, 1.82) is 0 Å². The molecule has 9 nitrogen and oxygen atoms in total. The van der Waals surface area contributed by atoms with Gasteiger partial charge >= 0.3 is 0 Å². The largest absolute Gasteiger partial charge is 0.491 e. The number of aliphatic hydroxyl groups is 2. The van der Waals surface area contributed by atoms with Crippen molar-refractivity contribution in [1.82, 2.24) is 20.4 Å². The van der Waals surface area contributed by atoms with Gasteiger partial charge in [-0.15, -0.1) is 0 Å². The summed E-state index contributed by atoms with van der Waals surface area (Å²) in [6, 6.07) is 5.29. The average molecular weight is 516 g/mol. The molecule has 1 atom stereocenters. The Hall–Kier alpha value is -2.72. The summed E-state index contributed by atoms with van der Waals surface area (Å²) in [5.41, 5.74) is 3.72. The van der Waals surface area contributed by atoms with Gasteiger partial charge in [-0.05, 0) is 52.4 Å². The molecule has 36 heavy (non-hydrogen) atoms. The summed E-state index contributed by atoms with van der Waals surface area (Å²) in [4.78, 5) is 12.0. The molecule has 0 saturated carbocycles. The van der Waals surface area contributed by atoms with E-state index in [1.165, 1.54) is 0 Å². The van der Waals surface area contributed by atoms with E-state index in [9.17, 15) is 10.2 Å². The number of halogens is 1. The predicted octanol–water partition coefficient (Wildman–Crippen LogP) is 3.55. The first kappa shape index (κ1) is 26.3. The van der Waals surface area contributed by atoms with Crippen LogP contribution in [-0.4, -0.2) is 71.3 Å². The van der Waals surface area contributed by atoms with Crippen molar-refractivity contribution in [2.75, 3.05) is 44.8 Å². The minimum Gasteiger partial charge on any atom is -0.491 e. The van der Waals surface area contributed by atoms with Gasteiger partial charge in [0.1, 0.15) is 30.0 Å². The zero-order chi connectivity index (χ0) is 26.0. The van der Waals surface area contributed by atoms with Crippen LogP contribution in [0.4, 0.5) is 5.82 Å². The quantitative estimate of drug-likeness (QED) is 0.372. The third kappa shape index (κ3) is 5.06. The summed E-state index contributed by atoms with van der Waals surface area (Å²) in [7, 11) is 1.77. The maximum Gasteiger partial charge on any atom is 0.163 e. The van der Waals surface area contributed by atoms with Crippen LogP contribution in [0.25, 0.3) is 22.6 Å². The molecule has 0 bridgehead atoms. The lowest BCUT2D eigenvalue weighted by Crippen LogP contribution is -2.58. The molecule has 1 fully saturated rings. The number of aryl methyl sites for hydroxylation is 2. The molecule has 0 spiro atoms. The molecule has 1 aliphatic heterocycles. The highest BCUT2D eigenvalue weighted by Gasteiger charge is 2.42. The number of anilines is 1. The number of ether oxygens (including phenoxy) is 1. The summed E-state index contributed by atoms with van der Waals surface area (Å²) >= 11 is 6.62. The van der Waals surface area contributed by atoms with Crippen LogP contribution >= 0.6 is 11.6 Å². The van der Waals surface area contributed by atoms with Gasteiger partial charge in [-0.2, -0.15) is 0 Å². The number of rotatable bonds is 10. The Balaban J connectivity index is 1.78.